The first-order valence-corrected chi connectivity index (χ1v) is 6.90. The molecule has 0 aliphatic rings. The highest BCUT2D eigenvalue weighted by atomic mass is 35.5. The Morgan fingerprint density at radius 3 is 2.45 bits per heavy atom. The van der Waals surface area contributed by atoms with Crippen molar-refractivity contribution in [3.8, 4) is 0 Å². The Labute approximate surface area is 122 Å². The molecule has 0 saturated heterocycles. The molecule has 0 bridgehead atoms. The Hall–Kier alpha value is -1.45. The molecule has 0 amide bonds. The van der Waals surface area contributed by atoms with Crippen LogP contribution in [0.15, 0.2) is 42.5 Å². The van der Waals surface area contributed by atoms with Gasteiger partial charge in [0.2, 0.25) is 0 Å². The van der Waals surface area contributed by atoms with Gasteiger partial charge in [-0.3, -0.25) is 0 Å². The van der Waals surface area contributed by atoms with Gasteiger partial charge < -0.3 is 5.32 Å². The predicted molar refractivity (Wildman–Crippen MR) is 77.7 cm³/mol. The van der Waals surface area contributed by atoms with Crippen molar-refractivity contribution in [2.24, 2.45) is 0 Å². The highest BCUT2D eigenvalue weighted by Gasteiger charge is 2.10. The summed E-state index contributed by atoms with van der Waals surface area (Å²) < 4.78 is 26.7. The van der Waals surface area contributed by atoms with Crippen LogP contribution in [0.2, 0.25) is 5.02 Å². The summed E-state index contributed by atoms with van der Waals surface area (Å²) in [6.07, 6.45) is 0.846. The topological polar surface area (TPSA) is 12.0 Å². The molecule has 0 saturated carbocycles. The lowest BCUT2D eigenvalue weighted by Crippen LogP contribution is -2.21. The van der Waals surface area contributed by atoms with Crippen molar-refractivity contribution in [3.05, 3.63) is 70.2 Å². The molecule has 0 radical (unpaired) electrons. The monoisotopic (exact) mass is 295 g/mol. The minimum absolute atomic E-state index is 0.0786. The number of nitrogens with one attached hydrogen (secondary N) is 1. The van der Waals surface area contributed by atoms with Gasteiger partial charge in [0.05, 0.1) is 0 Å². The third kappa shape index (κ3) is 3.78. The number of benzene rings is 2. The van der Waals surface area contributed by atoms with Crippen molar-refractivity contribution < 1.29 is 8.78 Å². The van der Waals surface area contributed by atoms with Gasteiger partial charge in [-0.25, -0.2) is 8.78 Å². The first-order chi connectivity index (χ1) is 9.60. The van der Waals surface area contributed by atoms with E-state index in [9.17, 15) is 8.78 Å². The SMILES string of the molecule is CCC(NCc1cc(F)ccc1F)c1ccc(Cl)cc1. The van der Waals surface area contributed by atoms with Crippen LogP contribution in [-0.2, 0) is 6.54 Å². The highest BCUT2D eigenvalue weighted by Crippen LogP contribution is 2.20. The number of hydrogen-bond donors (Lipinski definition) is 1. The van der Waals surface area contributed by atoms with Gasteiger partial charge >= 0.3 is 0 Å². The molecule has 2 aromatic rings. The Morgan fingerprint density at radius 1 is 1.10 bits per heavy atom. The Balaban J connectivity index is 2.07. The van der Waals surface area contributed by atoms with E-state index in [1.807, 2.05) is 31.2 Å². The lowest BCUT2D eigenvalue weighted by atomic mass is 10.0. The van der Waals surface area contributed by atoms with Gasteiger partial charge in [0.1, 0.15) is 11.6 Å². The first-order valence-electron chi connectivity index (χ1n) is 6.53. The lowest BCUT2D eigenvalue weighted by Gasteiger charge is -2.18. The zero-order chi connectivity index (χ0) is 14.5. The molecule has 0 heterocycles. The van der Waals surface area contributed by atoms with Crippen LogP contribution >= 0.6 is 11.6 Å². The molecule has 1 N–H and O–H groups in total. The zero-order valence-electron chi connectivity index (χ0n) is 11.2. The maximum Gasteiger partial charge on any atom is 0.127 e. The number of rotatable bonds is 5. The van der Waals surface area contributed by atoms with Gasteiger partial charge in [0, 0.05) is 23.2 Å². The quantitative estimate of drug-likeness (QED) is 0.830. The maximum absolute atomic E-state index is 13.6. The van der Waals surface area contributed by atoms with E-state index >= 15 is 0 Å². The fraction of sp³-hybridized carbons (Fsp3) is 0.250. The van der Waals surface area contributed by atoms with E-state index in [1.54, 1.807) is 0 Å². The molecule has 20 heavy (non-hydrogen) atoms. The van der Waals surface area contributed by atoms with Crippen LogP contribution in [0.3, 0.4) is 0 Å². The summed E-state index contributed by atoms with van der Waals surface area (Å²) in [6, 6.07) is 11.1. The molecule has 0 fully saturated rings. The third-order valence-electron chi connectivity index (χ3n) is 3.23. The van der Waals surface area contributed by atoms with Crippen LogP contribution in [0.4, 0.5) is 8.78 Å². The normalized spacial score (nSPS) is 12.4. The first kappa shape index (κ1) is 14.9. The third-order valence-corrected chi connectivity index (χ3v) is 3.48. The molecule has 1 nitrogen and oxygen atoms in total. The molecule has 0 spiro atoms. The highest BCUT2D eigenvalue weighted by molar-refractivity contribution is 6.30. The van der Waals surface area contributed by atoms with E-state index in [-0.39, 0.29) is 12.6 Å². The molecule has 106 valence electrons. The molecule has 0 aromatic heterocycles. The average molecular weight is 296 g/mol. The molecule has 0 aliphatic heterocycles. The largest absolute Gasteiger partial charge is 0.306 e. The molecule has 1 unspecified atom stereocenters. The molecule has 2 aromatic carbocycles. The summed E-state index contributed by atoms with van der Waals surface area (Å²) in [4.78, 5) is 0. The van der Waals surface area contributed by atoms with Crippen LogP contribution in [0.25, 0.3) is 0 Å². The fourth-order valence-corrected chi connectivity index (χ4v) is 2.23. The van der Waals surface area contributed by atoms with Gasteiger partial charge in [-0.05, 0) is 42.3 Å². The molecule has 4 heteroatoms. The predicted octanol–water partition coefficient (Wildman–Crippen LogP) is 4.86. The van der Waals surface area contributed by atoms with E-state index in [4.69, 9.17) is 11.6 Å². The van der Waals surface area contributed by atoms with Crippen molar-refractivity contribution in [2.45, 2.75) is 25.9 Å². The molecule has 1 atom stereocenters. The summed E-state index contributed by atoms with van der Waals surface area (Å²) in [6.45, 7) is 2.32. The average Bonchev–Trinajstić information content (AvgIpc) is 2.45. The van der Waals surface area contributed by atoms with Crippen LogP contribution < -0.4 is 5.32 Å². The second kappa shape index (κ2) is 6.82. The van der Waals surface area contributed by atoms with Crippen molar-refractivity contribution in [1.29, 1.82) is 0 Å². The molecular weight excluding hydrogens is 280 g/mol. The van der Waals surface area contributed by atoms with Gasteiger partial charge in [0.15, 0.2) is 0 Å². The van der Waals surface area contributed by atoms with E-state index in [0.717, 1.165) is 24.1 Å². The summed E-state index contributed by atoms with van der Waals surface area (Å²) in [5, 5.41) is 3.92. The fourth-order valence-electron chi connectivity index (χ4n) is 2.10. The zero-order valence-corrected chi connectivity index (χ0v) is 11.9. The summed E-state index contributed by atoms with van der Waals surface area (Å²) in [5.74, 6) is -0.826. The van der Waals surface area contributed by atoms with Gasteiger partial charge in [-0.15, -0.1) is 0 Å². The van der Waals surface area contributed by atoms with Crippen LogP contribution in [0.5, 0.6) is 0 Å². The second-order valence-electron chi connectivity index (χ2n) is 4.63. The molecule has 0 aliphatic carbocycles. The Bertz CT molecular complexity index is 569. The lowest BCUT2D eigenvalue weighted by molar-refractivity contribution is 0.500. The van der Waals surface area contributed by atoms with Crippen molar-refractivity contribution in [1.82, 2.24) is 5.32 Å². The Kier molecular flexibility index (Phi) is 5.10. The minimum Gasteiger partial charge on any atom is -0.306 e. The Morgan fingerprint density at radius 2 is 1.80 bits per heavy atom. The summed E-state index contributed by atoms with van der Waals surface area (Å²) in [7, 11) is 0. The second-order valence-corrected chi connectivity index (χ2v) is 5.07. The van der Waals surface area contributed by atoms with Crippen LogP contribution in [0.1, 0.15) is 30.5 Å². The van der Waals surface area contributed by atoms with Crippen molar-refractivity contribution in [3.63, 3.8) is 0 Å². The van der Waals surface area contributed by atoms with E-state index in [2.05, 4.69) is 5.32 Å². The number of halogens is 3. The van der Waals surface area contributed by atoms with Crippen molar-refractivity contribution in [2.75, 3.05) is 0 Å². The summed E-state index contributed by atoms with van der Waals surface area (Å²) in [5.41, 5.74) is 1.41. The van der Waals surface area contributed by atoms with E-state index in [0.29, 0.717) is 10.6 Å². The number of hydrogen-bond acceptors (Lipinski definition) is 1. The van der Waals surface area contributed by atoms with E-state index < -0.39 is 11.6 Å². The maximum atomic E-state index is 13.6. The standard InChI is InChI=1S/C16H16ClF2N/c1-2-16(11-3-5-13(17)6-4-11)20-10-12-9-14(18)7-8-15(12)19/h3-9,16,20H,2,10H2,1H3. The minimum atomic E-state index is -0.428. The van der Waals surface area contributed by atoms with Gasteiger partial charge in [0.25, 0.3) is 0 Å². The van der Waals surface area contributed by atoms with Crippen LogP contribution in [-0.4, -0.2) is 0 Å². The smallest absolute Gasteiger partial charge is 0.127 e. The van der Waals surface area contributed by atoms with E-state index in [1.165, 1.54) is 6.07 Å². The molecular formula is C16H16ClF2N. The van der Waals surface area contributed by atoms with Gasteiger partial charge in [-0.2, -0.15) is 0 Å². The van der Waals surface area contributed by atoms with Gasteiger partial charge in [-0.1, -0.05) is 30.7 Å². The van der Waals surface area contributed by atoms with Crippen LogP contribution in [0, 0.1) is 11.6 Å². The summed E-state index contributed by atoms with van der Waals surface area (Å²) >= 11 is 5.86. The molecule has 2 rings (SSSR count). The van der Waals surface area contributed by atoms with Crippen molar-refractivity contribution >= 4 is 11.6 Å².